The van der Waals surface area contributed by atoms with Crippen LogP contribution in [-0.2, 0) is 0 Å². The van der Waals surface area contributed by atoms with Gasteiger partial charge in [-0.25, -0.2) is 0 Å². The lowest BCUT2D eigenvalue weighted by Crippen LogP contribution is -2.35. The Kier molecular flexibility index (Phi) is 6.12. The summed E-state index contributed by atoms with van der Waals surface area (Å²) in [6.07, 6.45) is 3.77. The molecule has 150 valence electrons. The van der Waals surface area contributed by atoms with Crippen LogP contribution in [0.2, 0.25) is 0 Å². The van der Waals surface area contributed by atoms with Crippen LogP contribution in [0.25, 0.3) is 0 Å². The number of nitrogens with one attached hydrogen (secondary N) is 1. The molecule has 0 aliphatic carbocycles. The van der Waals surface area contributed by atoms with Gasteiger partial charge in [-0.3, -0.25) is 9.69 Å². The molecule has 3 nitrogen and oxygen atoms in total. The predicted octanol–water partition coefficient (Wildman–Crippen LogP) is 6.19. The van der Waals surface area contributed by atoms with Gasteiger partial charge in [-0.1, -0.05) is 55.0 Å². The minimum atomic E-state index is -0.0430. The number of rotatable bonds is 5. The molecule has 0 saturated carbocycles. The Hall–Kier alpha value is -2.43. The van der Waals surface area contributed by atoms with E-state index < -0.39 is 0 Å². The van der Waals surface area contributed by atoms with Gasteiger partial charge >= 0.3 is 0 Å². The number of thiophene rings is 1. The van der Waals surface area contributed by atoms with Crippen LogP contribution < -0.4 is 5.32 Å². The van der Waals surface area contributed by atoms with Crippen molar-refractivity contribution in [3.8, 4) is 0 Å². The number of aryl methyl sites for hydroxylation is 1. The summed E-state index contributed by atoms with van der Waals surface area (Å²) in [4.78, 5) is 16.8. The van der Waals surface area contributed by atoms with E-state index in [-0.39, 0.29) is 11.9 Å². The molecule has 1 saturated heterocycles. The number of likely N-dealkylation sites (tertiary alicyclic amines) is 1. The fourth-order valence-electron chi connectivity index (χ4n) is 4.20. The number of piperidine rings is 1. The minimum absolute atomic E-state index is 0.0430. The molecule has 3 aromatic rings. The second-order valence-corrected chi connectivity index (χ2v) is 8.98. The summed E-state index contributed by atoms with van der Waals surface area (Å²) < 4.78 is 0. The van der Waals surface area contributed by atoms with Gasteiger partial charge < -0.3 is 5.32 Å². The SMILES string of the molecule is Cc1sc(NC(=O)c2ccccc2)c(C(c2ccccc2)N2CCCCC2)c1C. The van der Waals surface area contributed by atoms with E-state index in [2.05, 4.69) is 54.4 Å². The lowest BCUT2D eigenvalue weighted by Gasteiger charge is -2.36. The molecular weight excluding hydrogens is 376 g/mol. The number of hydrogen-bond donors (Lipinski definition) is 1. The normalized spacial score (nSPS) is 15.8. The highest BCUT2D eigenvalue weighted by Crippen LogP contribution is 2.43. The average molecular weight is 405 g/mol. The van der Waals surface area contributed by atoms with Crippen LogP contribution in [0.3, 0.4) is 0 Å². The number of carbonyl (C=O) groups is 1. The first kappa shape index (κ1) is 19.9. The molecule has 0 radical (unpaired) electrons. The summed E-state index contributed by atoms with van der Waals surface area (Å²) in [5, 5.41) is 4.21. The van der Waals surface area contributed by atoms with Crippen LogP contribution in [0.4, 0.5) is 5.00 Å². The second-order valence-electron chi connectivity index (χ2n) is 7.76. The summed E-state index contributed by atoms with van der Waals surface area (Å²) in [5.74, 6) is -0.0430. The van der Waals surface area contributed by atoms with E-state index in [9.17, 15) is 4.79 Å². The summed E-state index contributed by atoms with van der Waals surface area (Å²) in [5.41, 5.74) is 4.53. The zero-order valence-electron chi connectivity index (χ0n) is 17.2. The Morgan fingerprint density at radius 2 is 1.55 bits per heavy atom. The van der Waals surface area contributed by atoms with E-state index >= 15 is 0 Å². The van der Waals surface area contributed by atoms with E-state index in [0.717, 1.165) is 18.1 Å². The largest absolute Gasteiger partial charge is 0.313 e. The molecule has 0 bridgehead atoms. The zero-order valence-corrected chi connectivity index (χ0v) is 18.0. The molecule has 0 spiro atoms. The van der Waals surface area contributed by atoms with Gasteiger partial charge in [0.15, 0.2) is 0 Å². The van der Waals surface area contributed by atoms with E-state index in [1.54, 1.807) is 11.3 Å². The third-order valence-corrected chi connectivity index (χ3v) is 6.98. The quantitative estimate of drug-likeness (QED) is 0.550. The first-order valence-corrected chi connectivity index (χ1v) is 11.2. The maximum absolute atomic E-state index is 12.9. The van der Waals surface area contributed by atoms with E-state index in [4.69, 9.17) is 0 Å². The highest BCUT2D eigenvalue weighted by Gasteiger charge is 2.30. The standard InChI is InChI=1S/C25H28N2OS/c1-18-19(2)29-25(26-24(28)21-14-8-4-9-15-21)22(18)23(20-12-6-3-7-13-20)27-16-10-5-11-17-27/h3-4,6-9,12-15,23H,5,10-11,16-17H2,1-2H3,(H,26,28). The molecule has 1 unspecified atom stereocenters. The Morgan fingerprint density at radius 1 is 0.931 bits per heavy atom. The van der Waals surface area contributed by atoms with Crippen molar-refractivity contribution in [3.05, 3.63) is 87.8 Å². The van der Waals surface area contributed by atoms with Gasteiger partial charge in [0.2, 0.25) is 0 Å². The van der Waals surface area contributed by atoms with Crippen molar-refractivity contribution < 1.29 is 4.79 Å². The number of anilines is 1. The highest BCUT2D eigenvalue weighted by molar-refractivity contribution is 7.16. The Balaban J connectivity index is 1.75. The fourth-order valence-corrected chi connectivity index (χ4v) is 5.29. The molecule has 2 heterocycles. The lowest BCUT2D eigenvalue weighted by atomic mass is 9.93. The van der Waals surface area contributed by atoms with E-state index in [0.29, 0.717) is 5.56 Å². The maximum atomic E-state index is 12.9. The van der Waals surface area contributed by atoms with Gasteiger partial charge in [-0.15, -0.1) is 11.3 Å². The highest BCUT2D eigenvalue weighted by atomic mass is 32.1. The van der Waals surface area contributed by atoms with Gasteiger partial charge in [0.1, 0.15) is 5.00 Å². The van der Waals surface area contributed by atoms with Crippen molar-refractivity contribution in [2.24, 2.45) is 0 Å². The number of nitrogens with zero attached hydrogens (tertiary/aromatic N) is 1. The molecule has 1 aliphatic heterocycles. The topological polar surface area (TPSA) is 32.3 Å². The zero-order chi connectivity index (χ0) is 20.2. The van der Waals surface area contributed by atoms with Crippen molar-refractivity contribution in [1.29, 1.82) is 0 Å². The Morgan fingerprint density at radius 3 is 2.21 bits per heavy atom. The van der Waals surface area contributed by atoms with Crippen molar-refractivity contribution in [3.63, 3.8) is 0 Å². The molecule has 4 heteroatoms. The minimum Gasteiger partial charge on any atom is -0.313 e. The summed E-state index contributed by atoms with van der Waals surface area (Å²) in [6, 6.07) is 20.4. The number of carbonyl (C=O) groups excluding carboxylic acids is 1. The number of benzene rings is 2. The van der Waals surface area contributed by atoms with Crippen LogP contribution in [0.1, 0.15) is 57.2 Å². The van der Waals surface area contributed by atoms with E-state index in [1.165, 1.54) is 40.8 Å². The van der Waals surface area contributed by atoms with E-state index in [1.807, 2.05) is 30.3 Å². The number of hydrogen-bond acceptors (Lipinski definition) is 3. The summed E-state index contributed by atoms with van der Waals surface area (Å²) >= 11 is 1.69. The molecule has 2 aromatic carbocycles. The maximum Gasteiger partial charge on any atom is 0.256 e. The van der Waals surface area contributed by atoms with Crippen LogP contribution >= 0.6 is 11.3 Å². The van der Waals surface area contributed by atoms with Gasteiger partial charge in [0.25, 0.3) is 5.91 Å². The fraction of sp³-hybridized carbons (Fsp3) is 0.320. The molecule has 1 aromatic heterocycles. The molecule has 29 heavy (non-hydrogen) atoms. The second kappa shape index (κ2) is 8.93. The van der Waals surface area contributed by atoms with Crippen molar-refractivity contribution >= 4 is 22.2 Å². The molecule has 1 atom stereocenters. The van der Waals surface area contributed by atoms with Gasteiger partial charge in [-0.2, -0.15) is 0 Å². The molecule has 1 N–H and O–H groups in total. The molecule has 1 fully saturated rings. The van der Waals surface area contributed by atoms with Crippen molar-refractivity contribution in [2.75, 3.05) is 18.4 Å². The smallest absolute Gasteiger partial charge is 0.256 e. The summed E-state index contributed by atoms with van der Waals surface area (Å²) in [7, 11) is 0. The first-order valence-electron chi connectivity index (χ1n) is 10.4. The monoisotopic (exact) mass is 404 g/mol. The van der Waals surface area contributed by atoms with Crippen molar-refractivity contribution in [2.45, 2.75) is 39.2 Å². The van der Waals surface area contributed by atoms with Gasteiger partial charge in [-0.05, 0) is 63.0 Å². The Bertz CT molecular complexity index is 959. The van der Waals surface area contributed by atoms with Crippen molar-refractivity contribution in [1.82, 2.24) is 4.90 Å². The number of amides is 1. The van der Waals surface area contributed by atoms with Crippen LogP contribution in [-0.4, -0.2) is 23.9 Å². The van der Waals surface area contributed by atoms with Crippen LogP contribution in [0.15, 0.2) is 60.7 Å². The van der Waals surface area contributed by atoms with Crippen LogP contribution in [0, 0.1) is 13.8 Å². The van der Waals surface area contributed by atoms with Gasteiger partial charge in [0, 0.05) is 16.0 Å². The predicted molar refractivity (Wildman–Crippen MR) is 122 cm³/mol. The lowest BCUT2D eigenvalue weighted by molar-refractivity contribution is 0.102. The van der Waals surface area contributed by atoms with Crippen LogP contribution in [0.5, 0.6) is 0 Å². The molecule has 1 amide bonds. The summed E-state index contributed by atoms with van der Waals surface area (Å²) in [6.45, 7) is 6.54. The van der Waals surface area contributed by atoms with Gasteiger partial charge in [0.05, 0.1) is 6.04 Å². The third-order valence-electron chi connectivity index (χ3n) is 5.84. The molecule has 1 aliphatic rings. The molecular formula is C25H28N2OS. The average Bonchev–Trinajstić information content (AvgIpc) is 3.04. The Labute approximate surface area is 177 Å². The third kappa shape index (κ3) is 4.29. The molecule has 4 rings (SSSR count). The first-order chi connectivity index (χ1) is 14.1.